The Balaban J connectivity index is 2.79. The topological polar surface area (TPSA) is 69.2 Å². The Labute approximate surface area is 82.9 Å². The van der Waals surface area contributed by atoms with Gasteiger partial charge in [0.1, 0.15) is 0 Å². The third-order valence-corrected chi connectivity index (χ3v) is 2.06. The molecule has 0 saturated heterocycles. The Kier molecular flexibility index (Phi) is 3.59. The summed E-state index contributed by atoms with van der Waals surface area (Å²) in [5.41, 5.74) is 6.54. The second-order valence-corrected chi connectivity index (χ2v) is 3.40. The molecule has 0 aliphatic carbocycles. The van der Waals surface area contributed by atoms with E-state index in [9.17, 15) is 10.1 Å². The van der Waals surface area contributed by atoms with E-state index in [4.69, 9.17) is 5.73 Å². The first-order valence-corrected chi connectivity index (χ1v) is 4.59. The first-order valence-electron chi connectivity index (χ1n) is 4.59. The third-order valence-electron chi connectivity index (χ3n) is 2.06. The zero-order valence-electron chi connectivity index (χ0n) is 8.14. The van der Waals surface area contributed by atoms with Crippen LogP contribution in [0.1, 0.15) is 18.9 Å². The Morgan fingerprint density at radius 2 is 2.14 bits per heavy atom. The monoisotopic (exact) mass is 194 g/mol. The van der Waals surface area contributed by atoms with Gasteiger partial charge in [-0.25, -0.2) is 0 Å². The summed E-state index contributed by atoms with van der Waals surface area (Å²) in [6.07, 6.45) is 1.43. The van der Waals surface area contributed by atoms with Crippen molar-refractivity contribution in [2.75, 3.05) is 0 Å². The van der Waals surface area contributed by atoms with Gasteiger partial charge in [0.05, 0.1) is 4.92 Å². The molecule has 1 unspecified atom stereocenters. The maximum atomic E-state index is 10.6. The van der Waals surface area contributed by atoms with Crippen molar-refractivity contribution in [3.63, 3.8) is 0 Å². The quantitative estimate of drug-likeness (QED) is 0.587. The van der Waals surface area contributed by atoms with Gasteiger partial charge in [0, 0.05) is 17.7 Å². The third kappa shape index (κ3) is 2.81. The van der Waals surface area contributed by atoms with Gasteiger partial charge in [0.2, 0.25) is 0 Å². The van der Waals surface area contributed by atoms with Crippen LogP contribution in [0.3, 0.4) is 0 Å². The Morgan fingerprint density at radius 1 is 1.50 bits per heavy atom. The van der Waals surface area contributed by atoms with Crippen LogP contribution in [-0.2, 0) is 6.42 Å². The number of hydrogen-bond donors (Lipinski definition) is 1. The fourth-order valence-corrected chi connectivity index (χ4v) is 1.28. The zero-order valence-corrected chi connectivity index (χ0v) is 8.14. The number of hydrogen-bond acceptors (Lipinski definition) is 3. The van der Waals surface area contributed by atoms with Gasteiger partial charge in [0.15, 0.2) is 0 Å². The SMILES string of the molecule is CC(N)CCc1ccccc1[N+](=O)[O-]. The lowest BCUT2D eigenvalue weighted by molar-refractivity contribution is -0.385. The molecule has 0 aliphatic rings. The van der Waals surface area contributed by atoms with E-state index < -0.39 is 0 Å². The van der Waals surface area contributed by atoms with Crippen LogP contribution in [0.15, 0.2) is 24.3 Å². The van der Waals surface area contributed by atoms with E-state index in [1.807, 2.05) is 13.0 Å². The molecule has 14 heavy (non-hydrogen) atoms. The minimum absolute atomic E-state index is 0.0785. The van der Waals surface area contributed by atoms with Crippen molar-refractivity contribution in [3.8, 4) is 0 Å². The smallest absolute Gasteiger partial charge is 0.272 e. The van der Waals surface area contributed by atoms with Crippen LogP contribution in [0.25, 0.3) is 0 Å². The molecule has 76 valence electrons. The lowest BCUT2D eigenvalue weighted by Crippen LogP contribution is -2.15. The summed E-state index contributed by atoms with van der Waals surface area (Å²) in [6.45, 7) is 1.90. The fourth-order valence-electron chi connectivity index (χ4n) is 1.28. The summed E-state index contributed by atoms with van der Waals surface area (Å²) in [5.74, 6) is 0. The first-order chi connectivity index (χ1) is 6.61. The Morgan fingerprint density at radius 3 is 2.71 bits per heavy atom. The molecule has 0 spiro atoms. The molecule has 1 atom stereocenters. The molecule has 0 radical (unpaired) electrons. The summed E-state index contributed by atoms with van der Waals surface area (Å²) in [5, 5.41) is 10.6. The number of para-hydroxylation sites is 1. The average Bonchev–Trinajstić information content (AvgIpc) is 2.15. The van der Waals surface area contributed by atoms with Crippen molar-refractivity contribution in [2.45, 2.75) is 25.8 Å². The molecule has 1 rings (SSSR count). The maximum Gasteiger partial charge on any atom is 0.272 e. The maximum absolute atomic E-state index is 10.6. The predicted octanol–water partition coefficient (Wildman–Crippen LogP) is 1.87. The van der Waals surface area contributed by atoms with Gasteiger partial charge in [-0.3, -0.25) is 10.1 Å². The largest absolute Gasteiger partial charge is 0.328 e. The van der Waals surface area contributed by atoms with Gasteiger partial charge in [-0.05, 0) is 19.8 Å². The van der Waals surface area contributed by atoms with Crippen molar-refractivity contribution in [1.29, 1.82) is 0 Å². The molecular weight excluding hydrogens is 180 g/mol. The van der Waals surface area contributed by atoms with Crippen LogP contribution in [0.5, 0.6) is 0 Å². The van der Waals surface area contributed by atoms with Gasteiger partial charge >= 0.3 is 0 Å². The summed E-state index contributed by atoms with van der Waals surface area (Å²) < 4.78 is 0. The fraction of sp³-hybridized carbons (Fsp3) is 0.400. The van der Waals surface area contributed by atoms with Crippen LogP contribution in [0.2, 0.25) is 0 Å². The number of nitrogens with two attached hydrogens (primary N) is 1. The molecule has 1 aromatic rings. The van der Waals surface area contributed by atoms with Crippen molar-refractivity contribution in [1.82, 2.24) is 0 Å². The van der Waals surface area contributed by atoms with E-state index in [0.29, 0.717) is 6.42 Å². The summed E-state index contributed by atoms with van der Waals surface area (Å²) >= 11 is 0. The molecule has 0 bridgehead atoms. The van der Waals surface area contributed by atoms with Crippen LogP contribution in [-0.4, -0.2) is 11.0 Å². The van der Waals surface area contributed by atoms with Gasteiger partial charge in [-0.15, -0.1) is 0 Å². The number of nitro benzene ring substituents is 1. The highest BCUT2D eigenvalue weighted by Crippen LogP contribution is 2.19. The highest BCUT2D eigenvalue weighted by molar-refractivity contribution is 5.39. The van der Waals surface area contributed by atoms with E-state index >= 15 is 0 Å². The molecule has 1 aromatic carbocycles. The zero-order chi connectivity index (χ0) is 10.6. The average molecular weight is 194 g/mol. The van der Waals surface area contributed by atoms with Crippen LogP contribution < -0.4 is 5.73 Å². The van der Waals surface area contributed by atoms with E-state index in [0.717, 1.165) is 12.0 Å². The number of nitrogens with zero attached hydrogens (tertiary/aromatic N) is 1. The minimum atomic E-state index is -0.351. The van der Waals surface area contributed by atoms with Crippen molar-refractivity contribution < 1.29 is 4.92 Å². The standard InChI is InChI=1S/C10H14N2O2/c1-8(11)6-7-9-4-2-3-5-10(9)12(13)14/h2-5,8H,6-7,11H2,1H3. The van der Waals surface area contributed by atoms with Gasteiger partial charge in [0.25, 0.3) is 5.69 Å². The van der Waals surface area contributed by atoms with Crippen LogP contribution >= 0.6 is 0 Å². The Hall–Kier alpha value is -1.42. The molecule has 4 nitrogen and oxygen atoms in total. The second-order valence-electron chi connectivity index (χ2n) is 3.40. The lowest BCUT2D eigenvalue weighted by Gasteiger charge is -2.05. The molecule has 0 aliphatic heterocycles. The van der Waals surface area contributed by atoms with Gasteiger partial charge in [-0.2, -0.15) is 0 Å². The highest BCUT2D eigenvalue weighted by atomic mass is 16.6. The van der Waals surface area contributed by atoms with Gasteiger partial charge in [-0.1, -0.05) is 18.2 Å². The molecule has 0 fully saturated rings. The normalized spacial score (nSPS) is 12.4. The van der Waals surface area contributed by atoms with Crippen LogP contribution in [0.4, 0.5) is 5.69 Å². The molecule has 0 saturated carbocycles. The molecular formula is C10H14N2O2. The Bertz CT molecular complexity index is 324. The lowest BCUT2D eigenvalue weighted by atomic mass is 10.1. The molecule has 4 heteroatoms. The molecule has 0 amide bonds. The molecule has 0 heterocycles. The van der Waals surface area contributed by atoms with Crippen molar-refractivity contribution in [2.24, 2.45) is 5.73 Å². The molecule has 0 aromatic heterocycles. The first kappa shape index (κ1) is 10.7. The van der Waals surface area contributed by atoms with Crippen molar-refractivity contribution >= 4 is 5.69 Å². The number of rotatable bonds is 4. The van der Waals surface area contributed by atoms with E-state index in [-0.39, 0.29) is 16.7 Å². The number of nitro groups is 1. The van der Waals surface area contributed by atoms with Crippen molar-refractivity contribution in [3.05, 3.63) is 39.9 Å². The summed E-state index contributed by atoms with van der Waals surface area (Å²) in [7, 11) is 0. The van der Waals surface area contributed by atoms with Gasteiger partial charge < -0.3 is 5.73 Å². The van der Waals surface area contributed by atoms with Crippen LogP contribution in [0, 0.1) is 10.1 Å². The number of aryl methyl sites for hydroxylation is 1. The molecule has 2 N–H and O–H groups in total. The minimum Gasteiger partial charge on any atom is -0.328 e. The number of benzene rings is 1. The van der Waals surface area contributed by atoms with E-state index in [2.05, 4.69) is 0 Å². The predicted molar refractivity (Wildman–Crippen MR) is 55.1 cm³/mol. The van der Waals surface area contributed by atoms with E-state index in [1.54, 1.807) is 12.1 Å². The summed E-state index contributed by atoms with van der Waals surface area (Å²) in [4.78, 5) is 10.3. The highest BCUT2D eigenvalue weighted by Gasteiger charge is 2.11. The second kappa shape index (κ2) is 4.72. The summed E-state index contributed by atoms with van der Waals surface area (Å²) in [6, 6.07) is 6.86. The van der Waals surface area contributed by atoms with E-state index in [1.165, 1.54) is 6.07 Å².